The summed E-state index contributed by atoms with van der Waals surface area (Å²) in [6.07, 6.45) is -2.21. The number of hydrogen-bond acceptors (Lipinski definition) is 15. The molecule has 2 bridgehead atoms. The molecule has 0 amide bonds. The Balaban J connectivity index is 1.22. The van der Waals surface area contributed by atoms with Crippen LogP contribution >= 0.6 is 37.9 Å². The van der Waals surface area contributed by atoms with Gasteiger partial charge in [-0.05, 0) is 12.5 Å². The van der Waals surface area contributed by atoms with Gasteiger partial charge < -0.3 is 40.0 Å². The highest BCUT2D eigenvalue weighted by Gasteiger charge is 2.55. The van der Waals surface area contributed by atoms with Crippen molar-refractivity contribution in [2.75, 3.05) is 24.7 Å². The number of ether oxygens (including phenoxy) is 1. The second kappa shape index (κ2) is 10.8. The minimum Gasteiger partial charge on any atom is -0.390 e. The van der Waals surface area contributed by atoms with Crippen molar-refractivity contribution in [1.29, 1.82) is 0 Å². The number of nitrogens with zero attached hydrogens (tertiary/aromatic N) is 6. The molecule has 7 N–H and O–H groups in total. The van der Waals surface area contributed by atoms with E-state index in [2.05, 4.69) is 49.4 Å². The lowest BCUT2D eigenvalue weighted by Crippen LogP contribution is -2.37. The van der Waals surface area contributed by atoms with Gasteiger partial charge in [-0.3, -0.25) is 23.4 Å². The molecular formula is C22H27N9O9P2S2. The number of fused-ring (bicyclic) bond motifs is 5. The summed E-state index contributed by atoms with van der Waals surface area (Å²) in [4.78, 5) is 31.1. The van der Waals surface area contributed by atoms with Gasteiger partial charge in [0.15, 0.2) is 17.4 Å². The predicted octanol–water partition coefficient (Wildman–Crippen LogP) is 0.870. The fourth-order valence-corrected chi connectivity index (χ4v) is 10.8. The van der Waals surface area contributed by atoms with E-state index in [9.17, 15) is 24.1 Å². The number of hydrogen-bond donors (Lipinski definition) is 7. The topological polar surface area (TPSA) is 258 Å². The maximum absolute atomic E-state index is 14.1. The molecule has 6 heterocycles. The number of anilines is 2. The molecule has 0 aromatic carbocycles. The summed E-state index contributed by atoms with van der Waals surface area (Å²) in [6, 6.07) is 1.05. The third-order valence-electron chi connectivity index (χ3n) is 8.21. The zero-order valence-corrected chi connectivity index (χ0v) is 26.0. The fraction of sp³-hybridized carbons (Fsp3) is 0.500. The van der Waals surface area contributed by atoms with Gasteiger partial charge in [-0.25, -0.2) is 19.5 Å². The molecular weight excluding hydrogens is 660 g/mol. The van der Waals surface area contributed by atoms with Crippen molar-refractivity contribution >= 4 is 71.8 Å². The van der Waals surface area contributed by atoms with Crippen LogP contribution < -0.4 is 17.0 Å². The first-order chi connectivity index (χ1) is 20.8. The molecule has 1 saturated carbocycles. The lowest BCUT2D eigenvalue weighted by Gasteiger charge is -2.30. The van der Waals surface area contributed by atoms with E-state index >= 15 is 0 Å². The third-order valence-corrected chi connectivity index (χ3v) is 13.0. The van der Waals surface area contributed by atoms with E-state index in [0.717, 1.165) is 0 Å². The summed E-state index contributed by atoms with van der Waals surface area (Å²) in [5, 5.41) is 23.3. The van der Waals surface area contributed by atoms with Crippen LogP contribution in [0.3, 0.4) is 0 Å². The molecule has 0 unspecified atom stereocenters. The second-order valence-corrected chi connectivity index (χ2v) is 17.3. The number of nitrogens with two attached hydrogens (primary N) is 2. The first kappa shape index (κ1) is 30.2. The predicted molar refractivity (Wildman–Crippen MR) is 161 cm³/mol. The first-order valence-corrected chi connectivity index (χ1v) is 18.8. The van der Waals surface area contributed by atoms with E-state index in [0.29, 0.717) is 11.0 Å². The smallest absolute Gasteiger partial charge is 0.386 e. The molecule has 22 heteroatoms. The van der Waals surface area contributed by atoms with Crippen LogP contribution in [-0.2, 0) is 27.4 Å². The molecule has 44 heavy (non-hydrogen) atoms. The fourth-order valence-electron chi connectivity index (χ4n) is 6.22. The Kier molecular flexibility index (Phi) is 7.40. The molecule has 1 aliphatic carbocycles. The standard InChI is InChI=1S/C22H27N9O9P2S2/c23-17-9-1-2-30(18(9)26-6-25-17)10-3-8-4-38-42(36,44)40-15-14(33)11(5-37-41(35,43)16(8)13(10)32)39-21(15)31-7-27-12-19(31)28-22(24)29-20(12)34/h1-2,6-8,10-11,13-16,21,32-33H,3-5H2,(H,35,43)(H,36,44)(H2,23,25,26)(H3,24,28,29,34)/t8-,10-,11-,13+,14-,15-,16-,21-,41-,42-/m1/s1. The van der Waals surface area contributed by atoms with Crippen molar-refractivity contribution < 1.29 is 37.7 Å². The van der Waals surface area contributed by atoms with E-state index in [-0.39, 0.29) is 36.0 Å². The van der Waals surface area contributed by atoms with Gasteiger partial charge in [0.1, 0.15) is 36.1 Å². The van der Waals surface area contributed by atoms with Crippen LogP contribution in [0.4, 0.5) is 11.8 Å². The number of aliphatic hydroxyl groups excluding tert-OH is 2. The highest BCUT2D eigenvalue weighted by molar-refractivity contribution is 8.46. The van der Waals surface area contributed by atoms with Crippen molar-refractivity contribution in [3.05, 3.63) is 35.3 Å². The minimum absolute atomic E-state index is 0.00553. The molecule has 3 fully saturated rings. The van der Waals surface area contributed by atoms with E-state index in [4.69, 9.17) is 29.8 Å². The Morgan fingerprint density at radius 1 is 1.05 bits per heavy atom. The average Bonchev–Trinajstić information content (AvgIpc) is 3.71. The lowest BCUT2D eigenvalue weighted by molar-refractivity contribution is -0.0445. The normalized spacial score (nSPS) is 38.0. The van der Waals surface area contributed by atoms with E-state index in [1.165, 1.54) is 17.2 Å². The van der Waals surface area contributed by atoms with Gasteiger partial charge in [0.25, 0.3) is 12.1 Å². The van der Waals surface area contributed by atoms with Crippen molar-refractivity contribution in [1.82, 2.24) is 34.1 Å². The summed E-state index contributed by atoms with van der Waals surface area (Å²) >= 11 is 8.53. The number of thiol groups is 2. The van der Waals surface area contributed by atoms with Crippen molar-refractivity contribution in [3.8, 4) is 0 Å². The molecule has 236 valence electrons. The molecule has 0 radical (unpaired) electrons. The van der Waals surface area contributed by atoms with Crippen LogP contribution in [-0.4, -0.2) is 87.6 Å². The molecule has 0 spiro atoms. The molecule has 2 saturated heterocycles. The molecule has 18 nitrogen and oxygen atoms in total. The lowest BCUT2D eigenvalue weighted by atomic mass is 10.1. The van der Waals surface area contributed by atoms with Crippen molar-refractivity contribution in [2.45, 2.75) is 48.8 Å². The zero-order chi connectivity index (χ0) is 31.1. The maximum Gasteiger partial charge on any atom is 0.386 e. The van der Waals surface area contributed by atoms with Gasteiger partial charge >= 0.3 is 6.80 Å². The number of nitrogens with one attached hydrogen (secondary N) is 1. The SMILES string of the molecule is Nc1nc2c(ncn2[C@@H]2O[C@@H]3CO[P@@](=O)(S)[C@@H]4[C@@H](CO[P@@](=O)(S)O[C@@H]2[C@@H]3O)C[C@@H](n2ccc3c(N)ncnc32)[C@@H]4O)c(=O)[nH]1. The molecule has 3 aliphatic rings. The van der Waals surface area contributed by atoms with Crippen LogP contribution in [0.15, 0.2) is 29.7 Å². The maximum atomic E-state index is 14.1. The Morgan fingerprint density at radius 2 is 1.84 bits per heavy atom. The Labute approximate surface area is 257 Å². The molecule has 4 aromatic heterocycles. The average molecular weight is 688 g/mol. The molecule has 10 atom stereocenters. The van der Waals surface area contributed by atoms with E-state index in [1.54, 1.807) is 16.8 Å². The van der Waals surface area contributed by atoms with Gasteiger partial charge in [0, 0.05) is 12.1 Å². The van der Waals surface area contributed by atoms with E-state index < -0.39 is 73.8 Å². The van der Waals surface area contributed by atoms with Gasteiger partial charge in [0.05, 0.1) is 42.7 Å². The summed E-state index contributed by atoms with van der Waals surface area (Å²) in [6.45, 7) is -9.00. The number of rotatable bonds is 2. The second-order valence-electron chi connectivity index (χ2n) is 10.8. The molecule has 2 aliphatic heterocycles. The van der Waals surface area contributed by atoms with Gasteiger partial charge in [-0.1, -0.05) is 24.5 Å². The summed E-state index contributed by atoms with van der Waals surface area (Å²) in [5.74, 6) is -0.624. The monoisotopic (exact) mass is 687 g/mol. The first-order valence-electron chi connectivity index (χ1n) is 13.3. The number of aromatic nitrogens is 7. The third kappa shape index (κ3) is 4.97. The largest absolute Gasteiger partial charge is 0.390 e. The molecule has 7 rings (SSSR count). The zero-order valence-electron chi connectivity index (χ0n) is 22.4. The summed E-state index contributed by atoms with van der Waals surface area (Å²) < 4.78 is 53.8. The van der Waals surface area contributed by atoms with Crippen molar-refractivity contribution in [2.24, 2.45) is 5.92 Å². The van der Waals surface area contributed by atoms with Gasteiger partial charge in [0.2, 0.25) is 5.95 Å². The highest BCUT2D eigenvalue weighted by atomic mass is 32.7. The van der Waals surface area contributed by atoms with Crippen LogP contribution in [0, 0.1) is 5.92 Å². The van der Waals surface area contributed by atoms with Crippen LogP contribution in [0.1, 0.15) is 18.7 Å². The Bertz CT molecular complexity index is 1920. The van der Waals surface area contributed by atoms with E-state index in [1.807, 2.05) is 0 Å². The number of nitrogen functional groups attached to an aromatic ring is 2. The Hall–Kier alpha value is -2.51. The summed E-state index contributed by atoms with van der Waals surface area (Å²) in [5.41, 5.74) is 10.4. The van der Waals surface area contributed by atoms with Crippen LogP contribution in [0.25, 0.3) is 22.2 Å². The van der Waals surface area contributed by atoms with Gasteiger partial charge in [-0.2, -0.15) is 4.98 Å². The summed E-state index contributed by atoms with van der Waals surface area (Å²) in [7, 11) is 0. The van der Waals surface area contributed by atoms with Crippen molar-refractivity contribution in [3.63, 3.8) is 0 Å². The quantitative estimate of drug-likeness (QED) is 0.114. The molecule has 4 aromatic rings. The van der Waals surface area contributed by atoms with Crippen LogP contribution in [0.5, 0.6) is 0 Å². The van der Waals surface area contributed by atoms with Gasteiger partial charge in [-0.15, -0.1) is 0 Å². The number of aliphatic hydroxyl groups is 2. The minimum atomic E-state index is -4.25. The number of imidazole rings is 1. The Morgan fingerprint density at radius 3 is 2.64 bits per heavy atom. The highest BCUT2D eigenvalue weighted by Crippen LogP contribution is 2.66. The number of aromatic amines is 1. The van der Waals surface area contributed by atoms with Crippen LogP contribution in [0.2, 0.25) is 0 Å². The number of H-pyrrole nitrogens is 1.